The van der Waals surface area contributed by atoms with E-state index in [0.717, 1.165) is 5.25 Å². The van der Waals surface area contributed by atoms with Crippen molar-refractivity contribution in [1.29, 1.82) is 0 Å². The van der Waals surface area contributed by atoms with E-state index in [-0.39, 0.29) is 0 Å². The average molecular weight is 240 g/mol. The van der Waals surface area contributed by atoms with Crippen molar-refractivity contribution < 1.29 is 4.79 Å². The van der Waals surface area contributed by atoms with Crippen molar-refractivity contribution >= 4 is 28.9 Å². The van der Waals surface area contributed by atoms with Crippen LogP contribution in [-0.2, 0) is 11.2 Å². The minimum Gasteiger partial charge on any atom is -0.298 e. The smallest absolute Gasteiger partial charge is 0.147 e. The molecule has 15 heavy (non-hydrogen) atoms. The van der Waals surface area contributed by atoms with Crippen LogP contribution in [-0.4, -0.2) is 16.8 Å². The van der Waals surface area contributed by atoms with Crippen LogP contribution >= 0.6 is 23.1 Å². The molecule has 0 N–H and O–H groups in total. The molecule has 1 aromatic rings. The van der Waals surface area contributed by atoms with E-state index in [4.69, 9.17) is 0 Å². The van der Waals surface area contributed by atoms with Gasteiger partial charge in [0.15, 0.2) is 0 Å². The summed E-state index contributed by atoms with van der Waals surface area (Å²) in [6, 6.07) is 2.04. The molecule has 1 nitrogen and oxygen atoms in total. The topological polar surface area (TPSA) is 17.1 Å². The van der Waals surface area contributed by atoms with Crippen molar-refractivity contribution in [1.82, 2.24) is 0 Å². The maximum atomic E-state index is 11.7. The highest BCUT2D eigenvalue weighted by Crippen LogP contribution is 2.29. The third-order valence-corrected chi connectivity index (χ3v) is 4.93. The number of carbonyl (C=O) groups is 1. The van der Waals surface area contributed by atoms with Gasteiger partial charge in [-0.2, -0.15) is 23.1 Å². The van der Waals surface area contributed by atoms with Crippen LogP contribution in [0.4, 0.5) is 0 Å². The molecule has 1 aliphatic rings. The molecule has 0 unspecified atom stereocenters. The summed E-state index contributed by atoms with van der Waals surface area (Å²) in [6.45, 7) is 0. The molecule has 1 saturated carbocycles. The maximum absolute atomic E-state index is 11.7. The zero-order valence-electron chi connectivity index (χ0n) is 8.78. The van der Waals surface area contributed by atoms with E-state index in [9.17, 15) is 4.79 Å². The number of hydrogen-bond acceptors (Lipinski definition) is 3. The quantitative estimate of drug-likeness (QED) is 0.783. The highest BCUT2D eigenvalue weighted by Gasteiger charge is 2.16. The fourth-order valence-electron chi connectivity index (χ4n) is 1.94. The van der Waals surface area contributed by atoms with Crippen LogP contribution in [0.1, 0.15) is 31.2 Å². The minimum absolute atomic E-state index is 0.380. The summed E-state index contributed by atoms with van der Waals surface area (Å²) in [7, 11) is 0. The molecule has 0 saturated heterocycles. The van der Waals surface area contributed by atoms with Crippen molar-refractivity contribution in [2.75, 3.05) is 5.75 Å². The van der Waals surface area contributed by atoms with Gasteiger partial charge in [-0.1, -0.05) is 12.8 Å². The molecule has 1 aliphatic carbocycles. The van der Waals surface area contributed by atoms with Crippen molar-refractivity contribution in [2.24, 2.45) is 0 Å². The Morgan fingerprint density at radius 1 is 1.47 bits per heavy atom. The van der Waals surface area contributed by atoms with Gasteiger partial charge in [-0.3, -0.25) is 4.79 Å². The van der Waals surface area contributed by atoms with Crippen LogP contribution in [0, 0.1) is 0 Å². The fourth-order valence-corrected chi connectivity index (χ4v) is 3.80. The lowest BCUT2D eigenvalue weighted by Crippen LogP contribution is -2.08. The summed E-state index contributed by atoms with van der Waals surface area (Å²) in [5.41, 5.74) is 1.18. The van der Waals surface area contributed by atoms with Gasteiger partial charge in [-0.15, -0.1) is 0 Å². The lowest BCUT2D eigenvalue weighted by atomic mass is 10.2. The first-order chi connectivity index (χ1) is 7.34. The molecule has 0 spiro atoms. The van der Waals surface area contributed by atoms with E-state index in [1.807, 2.05) is 23.2 Å². The van der Waals surface area contributed by atoms with Gasteiger partial charge in [0.25, 0.3) is 0 Å². The second kappa shape index (κ2) is 5.71. The number of Topliss-reactive ketones (excluding diaryl/α,β-unsaturated/α-hetero) is 1. The van der Waals surface area contributed by atoms with Gasteiger partial charge < -0.3 is 0 Å². The molecule has 0 atom stereocenters. The Morgan fingerprint density at radius 2 is 2.27 bits per heavy atom. The Bertz CT molecular complexity index is 299. The second-order valence-electron chi connectivity index (χ2n) is 4.06. The van der Waals surface area contributed by atoms with E-state index < -0.39 is 0 Å². The van der Waals surface area contributed by atoms with Gasteiger partial charge in [0.05, 0.1) is 5.75 Å². The van der Waals surface area contributed by atoms with Crippen LogP contribution in [0.5, 0.6) is 0 Å². The summed E-state index contributed by atoms with van der Waals surface area (Å²) in [5.74, 6) is 1.09. The van der Waals surface area contributed by atoms with Crippen LogP contribution in [0.15, 0.2) is 16.8 Å². The molecule has 1 fully saturated rings. The van der Waals surface area contributed by atoms with E-state index in [0.29, 0.717) is 18.0 Å². The monoisotopic (exact) mass is 240 g/mol. The van der Waals surface area contributed by atoms with Crippen molar-refractivity contribution in [3.8, 4) is 0 Å². The van der Waals surface area contributed by atoms with Gasteiger partial charge in [0.1, 0.15) is 5.78 Å². The van der Waals surface area contributed by atoms with Crippen molar-refractivity contribution in [3.05, 3.63) is 22.4 Å². The van der Waals surface area contributed by atoms with Crippen LogP contribution < -0.4 is 0 Å². The molecule has 3 heteroatoms. The summed E-state index contributed by atoms with van der Waals surface area (Å²) < 4.78 is 0. The molecule has 0 amide bonds. The summed E-state index contributed by atoms with van der Waals surface area (Å²) in [6.07, 6.45) is 5.97. The zero-order chi connectivity index (χ0) is 10.5. The summed E-state index contributed by atoms with van der Waals surface area (Å²) in [5, 5.41) is 4.86. The molecule has 0 aromatic carbocycles. The van der Waals surface area contributed by atoms with Crippen molar-refractivity contribution in [3.63, 3.8) is 0 Å². The molecule has 1 aromatic heterocycles. The first-order valence-corrected chi connectivity index (χ1v) is 7.48. The first-order valence-electron chi connectivity index (χ1n) is 5.49. The molecular formula is C12H16OS2. The lowest BCUT2D eigenvalue weighted by molar-refractivity contribution is -0.116. The Labute approximate surface area is 99.3 Å². The fraction of sp³-hybridized carbons (Fsp3) is 0.583. The minimum atomic E-state index is 0.380. The third kappa shape index (κ3) is 3.65. The van der Waals surface area contributed by atoms with Crippen LogP contribution in [0.25, 0.3) is 0 Å². The van der Waals surface area contributed by atoms with Crippen LogP contribution in [0.3, 0.4) is 0 Å². The van der Waals surface area contributed by atoms with E-state index in [2.05, 4.69) is 5.38 Å². The predicted molar refractivity (Wildman–Crippen MR) is 67.7 cm³/mol. The lowest BCUT2D eigenvalue weighted by Gasteiger charge is -2.06. The van der Waals surface area contributed by atoms with Crippen LogP contribution in [0.2, 0.25) is 0 Å². The molecule has 0 bridgehead atoms. The molecular weight excluding hydrogens is 224 g/mol. The molecule has 1 heterocycles. The zero-order valence-corrected chi connectivity index (χ0v) is 10.4. The highest BCUT2D eigenvalue weighted by atomic mass is 32.2. The standard InChI is InChI=1S/C12H16OS2/c13-11(7-10-5-6-14-8-10)9-15-12-3-1-2-4-12/h5-6,8,12H,1-4,7,9H2. The first kappa shape index (κ1) is 11.2. The molecule has 2 rings (SSSR count). The largest absolute Gasteiger partial charge is 0.298 e. The summed E-state index contributed by atoms with van der Waals surface area (Å²) in [4.78, 5) is 11.7. The number of carbonyl (C=O) groups excluding carboxylic acids is 1. The SMILES string of the molecule is O=C(CSC1CCCC1)Cc1ccsc1. The average Bonchev–Trinajstić information content (AvgIpc) is 2.86. The molecule has 0 radical (unpaired) electrons. The number of thiophene rings is 1. The number of ketones is 1. The van der Waals surface area contributed by atoms with E-state index in [1.54, 1.807) is 11.3 Å². The predicted octanol–water partition coefficient (Wildman–Crippen LogP) is 3.54. The molecule has 0 aliphatic heterocycles. The number of thioether (sulfide) groups is 1. The highest BCUT2D eigenvalue weighted by molar-refractivity contribution is 8.00. The molecule has 82 valence electrons. The number of hydrogen-bond donors (Lipinski definition) is 0. The summed E-state index contributed by atoms with van der Waals surface area (Å²) >= 11 is 3.53. The second-order valence-corrected chi connectivity index (χ2v) is 6.13. The van der Waals surface area contributed by atoms with Gasteiger partial charge in [0, 0.05) is 11.7 Å². The normalized spacial score (nSPS) is 17.1. The Hall–Kier alpha value is -0.280. The van der Waals surface area contributed by atoms with E-state index in [1.165, 1.54) is 31.2 Å². The van der Waals surface area contributed by atoms with Crippen molar-refractivity contribution in [2.45, 2.75) is 37.4 Å². The Kier molecular flexibility index (Phi) is 4.27. The number of rotatable bonds is 5. The Balaban J connectivity index is 1.68. The van der Waals surface area contributed by atoms with Gasteiger partial charge in [-0.25, -0.2) is 0 Å². The van der Waals surface area contributed by atoms with Gasteiger partial charge in [-0.05, 0) is 35.2 Å². The van der Waals surface area contributed by atoms with Gasteiger partial charge in [0.2, 0.25) is 0 Å². The third-order valence-electron chi connectivity index (χ3n) is 2.76. The van der Waals surface area contributed by atoms with E-state index >= 15 is 0 Å². The van der Waals surface area contributed by atoms with Gasteiger partial charge >= 0.3 is 0 Å². The maximum Gasteiger partial charge on any atom is 0.147 e. The Morgan fingerprint density at radius 3 is 2.93 bits per heavy atom.